The molecule has 0 spiro atoms. The number of esters is 1. The number of carbonyl (C=O) groups excluding carboxylic acids is 1. The molecule has 6 heteroatoms. The highest BCUT2D eigenvalue weighted by atomic mass is 35.5. The van der Waals surface area contributed by atoms with Crippen molar-refractivity contribution in [1.82, 2.24) is 4.98 Å². The zero-order valence-electron chi connectivity index (χ0n) is 10.1. The molecule has 1 aromatic heterocycles. The van der Waals surface area contributed by atoms with Crippen molar-refractivity contribution >= 4 is 23.3 Å². The maximum absolute atomic E-state index is 11.6. The summed E-state index contributed by atoms with van der Waals surface area (Å²) in [7, 11) is 1.28. The van der Waals surface area contributed by atoms with Gasteiger partial charge in [-0.2, -0.15) is 0 Å². The highest BCUT2D eigenvalue weighted by molar-refractivity contribution is 6.30. The molecule has 19 heavy (non-hydrogen) atoms. The highest BCUT2D eigenvalue weighted by Crippen LogP contribution is 2.30. The molecule has 0 atom stereocenters. The van der Waals surface area contributed by atoms with Gasteiger partial charge in [0.1, 0.15) is 5.56 Å². The van der Waals surface area contributed by atoms with E-state index in [1.807, 2.05) is 0 Å². The number of hydrogen-bond donors (Lipinski definition) is 1. The largest absolute Gasteiger partial charge is 0.465 e. The lowest BCUT2D eigenvalue weighted by Gasteiger charge is -2.10. The summed E-state index contributed by atoms with van der Waals surface area (Å²) in [5.74, 6) is -0.0941. The Labute approximate surface area is 114 Å². The molecular formula is C13H11ClN2O3. The van der Waals surface area contributed by atoms with Crippen molar-refractivity contribution in [2.75, 3.05) is 12.8 Å². The van der Waals surface area contributed by atoms with E-state index in [9.17, 15) is 4.79 Å². The van der Waals surface area contributed by atoms with Gasteiger partial charge in [-0.25, -0.2) is 9.78 Å². The lowest BCUT2D eigenvalue weighted by atomic mass is 10.2. The van der Waals surface area contributed by atoms with Crippen molar-refractivity contribution in [3.63, 3.8) is 0 Å². The number of halogens is 1. The van der Waals surface area contributed by atoms with E-state index in [0.29, 0.717) is 16.5 Å². The van der Waals surface area contributed by atoms with Crippen LogP contribution in [0.2, 0.25) is 5.02 Å². The number of nitrogen functional groups attached to an aromatic ring is 1. The van der Waals surface area contributed by atoms with Gasteiger partial charge in [-0.1, -0.05) is 11.6 Å². The van der Waals surface area contributed by atoms with Gasteiger partial charge in [-0.15, -0.1) is 0 Å². The zero-order chi connectivity index (χ0) is 13.8. The predicted molar refractivity (Wildman–Crippen MR) is 71.5 cm³/mol. The van der Waals surface area contributed by atoms with E-state index in [1.54, 1.807) is 30.3 Å². The second-order valence-electron chi connectivity index (χ2n) is 3.63. The SMILES string of the molecule is COC(=O)c1cccnc1Oc1cc(Cl)ccc1N. The van der Waals surface area contributed by atoms with Gasteiger partial charge in [-0.05, 0) is 24.3 Å². The number of ether oxygens (including phenoxy) is 2. The van der Waals surface area contributed by atoms with Crippen LogP contribution in [0.25, 0.3) is 0 Å². The summed E-state index contributed by atoms with van der Waals surface area (Å²) >= 11 is 5.87. The Morgan fingerprint density at radius 3 is 2.89 bits per heavy atom. The second kappa shape index (κ2) is 5.58. The standard InChI is InChI=1S/C13H11ClN2O3/c1-18-13(17)9-3-2-6-16-12(9)19-11-7-8(14)4-5-10(11)15/h2-7H,15H2,1H3. The molecule has 5 nitrogen and oxygen atoms in total. The summed E-state index contributed by atoms with van der Waals surface area (Å²) in [6, 6.07) is 7.96. The minimum Gasteiger partial charge on any atom is -0.465 e. The number of hydrogen-bond acceptors (Lipinski definition) is 5. The minimum absolute atomic E-state index is 0.114. The summed E-state index contributed by atoms with van der Waals surface area (Å²) < 4.78 is 10.2. The number of anilines is 1. The molecule has 2 N–H and O–H groups in total. The number of rotatable bonds is 3. The first kappa shape index (κ1) is 13.2. The first-order valence-corrected chi connectivity index (χ1v) is 5.76. The van der Waals surface area contributed by atoms with Crippen LogP contribution in [0.4, 0.5) is 5.69 Å². The fraction of sp³-hybridized carbons (Fsp3) is 0.0769. The molecule has 0 aliphatic carbocycles. The van der Waals surface area contributed by atoms with E-state index in [0.717, 1.165) is 0 Å². The monoisotopic (exact) mass is 278 g/mol. The number of nitrogens with zero attached hydrogens (tertiary/aromatic N) is 1. The van der Waals surface area contributed by atoms with Crippen molar-refractivity contribution in [2.24, 2.45) is 0 Å². The molecule has 0 saturated carbocycles. The Hall–Kier alpha value is -2.27. The van der Waals surface area contributed by atoms with Crippen LogP contribution in [0.15, 0.2) is 36.5 Å². The predicted octanol–water partition coefficient (Wildman–Crippen LogP) is 2.90. The van der Waals surface area contributed by atoms with Gasteiger partial charge in [0.05, 0.1) is 12.8 Å². The molecule has 2 rings (SSSR count). The van der Waals surface area contributed by atoms with Crippen molar-refractivity contribution in [1.29, 1.82) is 0 Å². The van der Waals surface area contributed by atoms with Gasteiger partial charge in [0.25, 0.3) is 0 Å². The average Bonchev–Trinajstić information content (AvgIpc) is 2.42. The first-order chi connectivity index (χ1) is 9.11. The number of benzene rings is 1. The van der Waals surface area contributed by atoms with E-state index in [2.05, 4.69) is 9.72 Å². The molecule has 98 valence electrons. The van der Waals surface area contributed by atoms with Crippen LogP contribution >= 0.6 is 11.6 Å². The van der Waals surface area contributed by atoms with Crippen LogP contribution in [-0.2, 0) is 4.74 Å². The van der Waals surface area contributed by atoms with Crippen molar-refractivity contribution in [2.45, 2.75) is 0 Å². The smallest absolute Gasteiger partial charge is 0.343 e. The molecule has 1 aromatic carbocycles. The molecule has 0 unspecified atom stereocenters. The lowest BCUT2D eigenvalue weighted by molar-refractivity contribution is 0.0597. The fourth-order valence-electron chi connectivity index (χ4n) is 1.44. The van der Waals surface area contributed by atoms with Gasteiger partial charge in [0.2, 0.25) is 5.88 Å². The van der Waals surface area contributed by atoms with Gasteiger partial charge in [0.15, 0.2) is 5.75 Å². The molecule has 0 saturated heterocycles. The topological polar surface area (TPSA) is 74.4 Å². The molecule has 1 heterocycles. The number of pyridine rings is 1. The fourth-order valence-corrected chi connectivity index (χ4v) is 1.60. The maximum Gasteiger partial charge on any atom is 0.343 e. The Balaban J connectivity index is 2.38. The summed E-state index contributed by atoms with van der Waals surface area (Å²) in [5.41, 5.74) is 6.38. The quantitative estimate of drug-likeness (QED) is 0.690. The Morgan fingerprint density at radius 2 is 2.16 bits per heavy atom. The first-order valence-electron chi connectivity index (χ1n) is 5.38. The van der Waals surface area contributed by atoms with E-state index in [-0.39, 0.29) is 11.4 Å². The molecule has 0 bridgehead atoms. The number of nitrogens with two attached hydrogens (primary N) is 1. The summed E-state index contributed by atoms with van der Waals surface area (Å²) in [4.78, 5) is 15.6. The molecule has 2 aromatic rings. The summed E-state index contributed by atoms with van der Waals surface area (Å²) in [5, 5.41) is 0.472. The Kier molecular flexibility index (Phi) is 3.87. The van der Waals surface area contributed by atoms with Gasteiger partial charge in [0, 0.05) is 17.3 Å². The van der Waals surface area contributed by atoms with Crippen LogP contribution < -0.4 is 10.5 Å². The van der Waals surface area contributed by atoms with Gasteiger partial charge in [-0.3, -0.25) is 0 Å². The molecule has 0 fully saturated rings. The van der Waals surface area contributed by atoms with E-state index in [1.165, 1.54) is 13.3 Å². The lowest BCUT2D eigenvalue weighted by Crippen LogP contribution is -2.05. The molecule has 0 aliphatic heterocycles. The molecule has 0 aliphatic rings. The van der Waals surface area contributed by atoms with Gasteiger partial charge < -0.3 is 15.2 Å². The van der Waals surface area contributed by atoms with Crippen LogP contribution in [0.1, 0.15) is 10.4 Å². The van der Waals surface area contributed by atoms with Gasteiger partial charge >= 0.3 is 5.97 Å². The van der Waals surface area contributed by atoms with Crippen LogP contribution in [0.3, 0.4) is 0 Å². The van der Waals surface area contributed by atoms with Crippen molar-refractivity contribution in [3.05, 3.63) is 47.1 Å². The van der Waals surface area contributed by atoms with E-state index in [4.69, 9.17) is 22.1 Å². The van der Waals surface area contributed by atoms with Crippen LogP contribution in [0.5, 0.6) is 11.6 Å². The zero-order valence-corrected chi connectivity index (χ0v) is 10.8. The van der Waals surface area contributed by atoms with E-state index >= 15 is 0 Å². The van der Waals surface area contributed by atoms with Crippen molar-refractivity contribution < 1.29 is 14.3 Å². The number of carbonyl (C=O) groups is 1. The normalized spacial score (nSPS) is 10.0. The summed E-state index contributed by atoms with van der Waals surface area (Å²) in [6.07, 6.45) is 1.50. The molecular weight excluding hydrogens is 268 g/mol. The second-order valence-corrected chi connectivity index (χ2v) is 4.07. The third-order valence-corrected chi connectivity index (χ3v) is 2.59. The highest BCUT2D eigenvalue weighted by Gasteiger charge is 2.15. The number of methoxy groups -OCH3 is 1. The number of aromatic nitrogens is 1. The Bertz CT molecular complexity index is 617. The molecule has 0 amide bonds. The third-order valence-electron chi connectivity index (χ3n) is 2.36. The average molecular weight is 279 g/mol. The van der Waals surface area contributed by atoms with Crippen molar-refractivity contribution in [3.8, 4) is 11.6 Å². The van der Waals surface area contributed by atoms with Crippen LogP contribution in [0, 0.1) is 0 Å². The Morgan fingerprint density at radius 1 is 1.37 bits per heavy atom. The third kappa shape index (κ3) is 2.95. The molecule has 0 radical (unpaired) electrons. The van der Waals surface area contributed by atoms with Crippen LogP contribution in [-0.4, -0.2) is 18.1 Å². The minimum atomic E-state index is -0.538. The summed E-state index contributed by atoms with van der Waals surface area (Å²) in [6.45, 7) is 0. The van der Waals surface area contributed by atoms with E-state index < -0.39 is 5.97 Å². The maximum atomic E-state index is 11.6.